The number of benzene rings is 1. The topological polar surface area (TPSA) is 77.2 Å². The van der Waals surface area contributed by atoms with Gasteiger partial charge < -0.3 is 19.5 Å². The molecule has 0 amide bonds. The molecule has 0 radical (unpaired) electrons. The Morgan fingerprint density at radius 3 is 2.76 bits per heavy atom. The van der Waals surface area contributed by atoms with Crippen molar-refractivity contribution in [1.82, 2.24) is 24.4 Å². The van der Waals surface area contributed by atoms with Gasteiger partial charge in [-0.15, -0.1) is 23.7 Å². The van der Waals surface area contributed by atoms with Gasteiger partial charge in [0.15, 0.2) is 10.6 Å². The van der Waals surface area contributed by atoms with E-state index >= 15 is 0 Å². The lowest BCUT2D eigenvalue weighted by Crippen LogP contribution is -2.37. The van der Waals surface area contributed by atoms with Crippen LogP contribution in [0.1, 0.15) is 37.6 Å². The highest BCUT2D eigenvalue weighted by atomic mass is 35.5. The van der Waals surface area contributed by atoms with Crippen molar-refractivity contribution >= 4 is 40.3 Å². The molecule has 0 saturated carbocycles. The van der Waals surface area contributed by atoms with E-state index in [2.05, 4.69) is 48.4 Å². The first-order valence-corrected chi connectivity index (χ1v) is 13.5. The molecular formula is C27H35ClN6O2S. The van der Waals surface area contributed by atoms with Gasteiger partial charge in [0.05, 0.1) is 17.7 Å². The van der Waals surface area contributed by atoms with Crippen LogP contribution < -0.4 is 15.6 Å². The second kappa shape index (κ2) is 12.2. The molecule has 8 nitrogen and oxygen atoms in total. The van der Waals surface area contributed by atoms with Crippen LogP contribution in [-0.4, -0.2) is 58.5 Å². The molecule has 0 spiro atoms. The fourth-order valence-corrected chi connectivity index (χ4v) is 5.73. The van der Waals surface area contributed by atoms with Crippen LogP contribution in [-0.2, 0) is 17.7 Å². The summed E-state index contributed by atoms with van der Waals surface area (Å²) in [6, 6.07) is 6.38. The first-order valence-electron chi connectivity index (χ1n) is 12.7. The molecule has 0 unspecified atom stereocenters. The maximum absolute atomic E-state index is 13.7. The van der Waals surface area contributed by atoms with Gasteiger partial charge in [-0.2, -0.15) is 0 Å². The third-order valence-electron chi connectivity index (χ3n) is 7.15. The van der Waals surface area contributed by atoms with Crippen LogP contribution in [0.5, 0.6) is 0 Å². The van der Waals surface area contributed by atoms with Crippen molar-refractivity contribution in [2.45, 2.75) is 51.3 Å². The lowest BCUT2D eigenvalue weighted by atomic mass is 10.1. The Labute approximate surface area is 227 Å². The van der Waals surface area contributed by atoms with Gasteiger partial charge in [-0.3, -0.25) is 9.36 Å². The number of rotatable bonds is 10. The average Bonchev–Trinajstić information content (AvgIpc) is 3.67. The van der Waals surface area contributed by atoms with E-state index in [-0.39, 0.29) is 30.0 Å². The number of anilines is 1. The molecule has 3 aromatic heterocycles. The molecule has 10 heteroatoms. The molecule has 1 aromatic carbocycles. The van der Waals surface area contributed by atoms with Crippen LogP contribution in [0, 0.1) is 0 Å². The maximum Gasteiger partial charge on any atom is 0.193 e. The summed E-state index contributed by atoms with van der Waals surface area (Å²) in [5.41, 5.74) is 2.72. The molecule has 1 fully saturated rings. The fourth-order valence-electron chi connectivity index (χ4n) is 5.10. The zero-order chi connectivity index (χ0) is 25.1. The second-order valence-corrected chi connectivity index (χ2v) is 10.2. The third-order valence-corrected chi connectivity index (χ3v) is 7.92. The number of halogens is 1. The highest BCUT2D eigenvalue weighted by Crippen LogP contribution is 2.28. The van der Waals surface area contributed by atoms with E-state index in [1.165, 1.54) is 12.8 Å². The minimum Gasteiger partial charge on any atom is -0.378 e. The minimum absolute atomic E-state index is 0. The Bertz CT molecular complexity index is 1360. The monoisotopic (exact) mass is 542 g/mol. The van der Waals surface area contributed by atoms with Crippen molar-refractivity contribution in [1.29, 1.82) is 0 Å². The van der Waals surface area contributed by atoms with Crippen LogP contribution in [0.15, 0.2) is 53.2 Å². The number of nitrogens with one attached hydrogen (secondary N) is 1. The number of pyridine rings is 1. The molecule has 37 heavy (non-hydrogen) atoms. The van der Waals surface area contributed by atoms with Crippen molar-refractivity contribution in [2.24, 2.45) is 0 Å². The Morgan fingerprint density at radius 1 is 1.19 bits per heavy atom. The second-order valence-electron chi connectivity index (χ2n) is 9.36. The van der Waals surface area contributed by atoms with Gasteiger partial charge in [-0.05, 0) is 31.7 Å². The van der Waals surface area contributed by atoms with Gasteiger partial charge in [-0.1, -0.05) is 19.8 Å². The van der Waals surface area contributed by atoms with Crippen LogP contribution >= 0.6 is 23.7 Å². The third kappa shape index (κ3) is 5.60. The Morgan fingerprint density at radius 2 is 2.05 bits per heavy atom. The standard InChI is InChI=1S/C27H34N6O2S.ClH/c1-4-5-6-11-31-12-9-29-25(31)14-19-16-33(27-30-10-13-36-27)23-15-20(7-8-21(23)26(19)34)32-17-22(28-2)24(18-32)35-3;/h7-10,12-13,15-16,22,24,28H,4-6,11,14,17-18H2,1-3H3;1H/t22-,24-;/m0./s1. The number of imidazole rings is 1. The van der Waals surface area contributed by atoms with Gasteiger partial charge in [0.2, 0.25) is 0 Å². The number of methoxy groups -OCH3 is 1. The zero-order valence-corrected chi connectivity index (χ0v) is 23.2. The highest BCUT2D eigenvalue weighted by molar-refractivity contribution is 7.12. The summed E-state index contributed by atoms with van der Waals surface area (Å²) in [5, 5.41) is 6.86. The molecule has 5 rings (SSSR count). The van der Waals surface area contributed by atoms with E-state index in [1.54, 1.807) is 24.6 Å². The van der Waals surface area contributed by atoms with Crippen LogP contribution in [0.3, 0.4) is 0 Å². The average molecular weight is 543 g/mol. The largest absolute Gasteiger partial charge is 0.378 e. The summed E-state index contributed by atoms with van der Waals surface area (Å²) in [6.45, 7) is 4.77. The quantitative estimate of drug-likeness (QED) is 0.302. The molecule has 1 N–H and O–H groups in total. The molecule has 1 aliphatic rings. The first kappa shape index (κ1) is 27.3. The molecule has 4 heterocycles. The molecular weight excluding hydrogens is 508 g/mol. The zero-order valence-electron chi connectivity index (χ0n) is 21.6. The van der Waals surface area contributed by atoms with Gasteiger partial charge >= 0.3 is 0 Å². The predicted molar refractivity (Wildman–Crippen MR) is 153 cm³/mol. The molecule has 0 bridgehead atoms. The number of likely N-dealkylation sites (N-methyl/N-ethyl adjacent to an activating group) is 1. The van der Waals surface area contributed by atoms with Gasteiger partial charge in [0.25, 0.3) is 0 Å². The van der Waals surface area contributed by atoms with Gasteiger partial charge in [0.1, 0.15) is 5.82 Å². The number of aryl methyl sites for hydroxylation is 1. The maximum atomic E-state index is 13.7. The van der Waals surface area contributed by atoms with Crippen molar-refractivity contribution in [3.05, 3.63) is 70.0 Å². The first-order chi connectivity index (χ1) is 17.6. The SMILES string of the molecule is CCCCCn1ccnc1Cc1cn(-c2nccs2)c2cc(N3C[C@H](NC)[C@@H](OC)C3)ccc2c1=O.Cl. The number of hydrogen-bond donors (Lipinski definition) is 1. The molecule has 0 aliphatic carbocycles. The summed E-state index contributed by atoms with van der Waals surface area (Å²) in [5.74, 6) is 0.922. The van der Waals surface area contributed by atoms with Crippen molar-refractivity contribution in [3.63, 3.8) is 0 Å². The fraction of sp³-hybridized carbons (Fsp3) is 0.444. The number of ether oxygens (including phenoxy) is 1. The van der Waals surface area contributed by atoms with E-state index in [4.69, 9.17) is 4.74 Å². The van der Waals surface area contributed by atoms with E-state index < -0.39 is 0 Å². The van der Waals surface area contributed by atoms with Crippen molar-refractivity contribution < 1.29 is 4.74 Å². The van der Waals surface area contributed by atoms with Crippen molar-refractivity contribution in [2.75, 3.05) is 32.1 Å². The highest BCUT2D eigenvalue weighted by Gasteiger charge is 2.32. The number of thiazole rings is 1. The van der Waals surface area contributed by atoms with E-state index in [0.29, 0.717) is 11.8 Å². The van der Waals surface area contributed by atoms with E-state index in [0.717, 1.165) is 53.8 Å². The van der Waals surface area contributed by atoms with Crippen LogP contribution in [0.25, 0.3) is 16.0 Å². The summed E-state index contributed by atoms with van der Waals surface area (Å²) in [6.07, 6.45) is 11.7. The number of aromatic nitrogens is 4. The lowest BCUT2D eigenvalue weighted by molar-refractivity contribution is 0.0996. The number of hydrogen-bond acceptors (Lipinski definition) is 7. The summed E-state index contributed by atoms with van der Waals surface area (Å²) < 4.78 is 9.92. The Kier molecular flexibility index (Phi) is 9.02. The van der Waals surface area contributed by atoms with Gasteiger partial charge in [-0.25, -0.2) is 9.97 Å². The molecule has 4 aromatic rings. The van der Waals surface area contributed by atoms with Crippen molar-refractivity contribution in [3.8, 4) is 5.13 Å². The number of nitrogens with zero attached hydrogens (tertiary/aromatic N) is 5. The number of fused-ring (bicyclic) bond motifs is 1. The lowest BCUT2D eigenvalue weighted by Gasteiger charge is -2.20. The molecule has 2 atom stereocenters. The van der Waals surface area contributed by atoms with Crippen LogP contribution in [0.4, 0.5) is 5.69 Å². The minimum atomic E-state index is 0. The molecule has 1 saturated heterocycles. The summed E-state index contributed by atoms with van der Waals surface area (Å²) in [4.78, 5) is 25.1. The molecule has 1 aliphatic heterocycles. The summed E-state index contributed by atoms with van der Waals surface area (Å²) in [7, 11) is 3.73. The van der Waals surface area contributed by atoms with Gasteiger partial charge in [0, 0.05) is 80.0 Å². The molecule has 198 valence electrons. The van der Waals surface area contributed by atoms with Crippen LogP contribution in [0.2, 0.25) is 0 Å². The van der Waals surface area contributed by atoms with E-state index in [9.17, 15) is 4.79 Å². The Hall–Kier alpha value is -2.72. The smallest absolute Gasteiger partial charge is 0.193 e. The van der Waals surface area contributed by atoms with E-state index in [1.807, 2.05) is 37.1 Å². The summed E-state index contributed by atoms with van der Waals surface area (Å²) >= 11 is 1.56. The Balaban J connectivity index is 0.00000320. The predicted octanol–water partition coefficient (Wildman–Crippen LogP) is 4.27. The number of unbranched alkanes of at least 4 members (excludes halogenated alkanes) is 2. The normalized spacial score (nSPS) is 17.4.